The van der Waals surface area contributed by atoms with Gasteiger partial charge in [-0.1, -0.05) is 0 Å². The van der Waals surface area contributed by atoms with E-state index in [1.165, 1.54) is 12.1 Å². The quantitative estimate of drug-likeness (QED) is 0.553. The molecule has 14 heavy (non-hydrogen) atoms. The highest BCUT2D eigenvalue weighted by molar-refractivity contribution is 5.77. The van der Waals surface area contributed by atoms with Gasteiger partial charge < -0.3 is 10.5 Å². The number of ether oxygens (including phenoxy) is 1. The van der Waals surface area contributed by atoms with Gasteiger partial charge in [-0.15, -0.1) is 0 Å². The SMILES string of the molecule is N=C(N)CC1Cc2cc(F)ccc2O1. The van der Waals surface area contributed by atoms with Gasteiger partial charge in [0, 0.05) is 18.4 Å². The summed E-state index contributed by atoms with van der Waals surface area (Å²) in [5.74, 6) is 0.553. The molecular weight excluding hydrogens is 183 g/mol. The molecule has 0 fully saturated rings. The van der Waals surface area contributed by atoms with Crippen molar-refractivity contribution in [2.45, 2.75) is 18.9 Å². The third kappa shape index (κ3) is 1.69. The maximum Gasteiger partial charge on any atom is 0.123 e. The Bertz CT molecular complexity index is 378. The van der Waals surface area contributed by atoms with Gasteiger partial charge in [0.05, 0.1) is 5.84 Å². The number of halogens is 1. The van der Waals surface area contributed by atoms with E-state index < -0.39 is 0 Å². The fourth-order valence-corrected chi connectivity index (χ4v) is 1.65. The zero-order chi connectivity index (χ0) is 10.1. The Kier molecular flexibility index (Phi) is 2.11. The van der Waals surface area contributed by atoms with Crippen LogP contribution < -0.4 is 10.5 Å². The van der Waals surface area contributed by atoms with Crippen LogP contribution in [-0.2, 0) is 6.42 Å². The Morgan fingerprint density at radius 3 is 3.14 bits per heavy atom. The van der Waals surface area contributed by atoms with Crippen LogP contribution in [0.1, 0.15) is 12.0 Å². The number of amidine groups is 1. The molecule has 0 saturated heterocycles. The van der Waals surface area contributed by atoms with Crippen molar-refractivity contribution in [3.05, 3.63) is 29.6 Å². The van der Waals surface area contributed by atoms with E-state index in [0.717, 1.165) is 5.56 Å². The van der Waals surface area contributed by atoms with Gasteiger partial charge >= 0.3 is 0 Å². The molecule has 0 amide bonds. The van der Waals surface area contributed by atoms with Gasteiger partial charge in [-0.25, -0.2) is 4.39 Å². The molecule has 1 aromatic carbocycles. The molecule has 1 aliphatic heterocycles. The molecule has 3 N–H and O–H groups in total. The molecular formula is C10H11FN2O. The third-order valence-electron chi connectivity index (χ3n) is 2.21. The molecule has 0 spiro atoms. The fourth-order valence-electron chi connectivity index (χ4n) is 1.65. The summed E-state index contributed by atoms with van der Waals surface area (Å²) in [6, 6.07) is 4.45. The number of nitrogens with one attached hydrogen (secondary N) is 1. The summed E-state index contributed by atoms with van der Waals surface area (Å²) < 4.78 is 18.3. The largest absolute Gasteiger partial charge is 0.489 e. The first kappa shape index (κ1) is 8.99. The first-order chi connectivity index (χ1) is 6.65. The summed E-state index contributed by atoms with van der Waals surface area (Å²) in [6.45, 7) is 0. The first-order valence-electron chi connectivity index (χ1n) is 4.43. The minimum Gasteiger partial charge on any atom is -0.489 e. The highest BCUT2D eigenvalue weighted by atomic mass is 19.1. The lowest BCUT2D eigenvalue weighted by Gasteiger charge is -2.08. The summed E-state index contributed by atoms with van der Waals surface area (Å²) in [5.41, 5.74) is 6.12. The number of hydrogen-bond acceptors (Lipinski definition) is 2. The van der Waals surface area contributed by atoms with Gasteiger partial charge in [-0.3, -0.25) is 5.41 Å². The van der Waals surface area contributed by atoms with Crippen molar-refractivity contribution in [1.29, 1.82) is 5.41 Å². The van der Waals surface area contributed by atoms with Crippen LogP contribution in [-0.4, -0.2) is 11.9 Å². The van der Waals surface area contributed by atoms with E-state index in [0.29, 0.717) is 18.6 Å². The lowest BCUT2D eigenvalue weighted by atomic mass is 10.1. The van der Waals surface area contributed by atoms with Crippen LogP contribution >= 0.6 is 0 Å². The Morgan fingerprint density at radius 2 is 2.43 bits per heavy atom. The van der Waals surface area contributed by atoms with Crippen LogP contribution in [0.15, 0.2) is 18.2 Å². The van der Waals surface area contributed by atoms with Gasteiger partial charge in [-0.2, -0.15) is 0 Å². The normalized spacial score (nSPS) is 18.8. The van der Waals surface area contributed by atoms with Crippen molar-refractivity contribution in [1.82, 2.24) is 0 Å². The summed E-state index contributed by atoms with van der Waals surface area (Å²) in [7, 11) is 0. The molecule has 0 radical (unpaired) electrons. The van der Waals surface area contributed by atoms with Gasteiger partial charge in [0.15, 0.2) is 0 Å². The maximum atomic E-state index is 12.8. The van der Waals surface area contributed by atoms with Crippen molar-refractivity contribution >= 4 is 5.84 Å². The monoisotopic (exact) mass is 194 g/mol. The topological polar surface area (TPSA) is 59.1 Å². The zero-order valence-corrected chi connectivity index (χ0v) is 7.59. The molecule has 4 heteroatoms. The van der Waals surface area contributed by atoms with Crippen LogP contribution in [0, 0.1) is 11.2 Å². The van der Waals surface area contributed by atoms with E-state index in [2.05, 4.69) is 0 Å². The second-order valence-corrected chi connectivity index (χ2v) is 3.43. The van der Waals surface area contributed by atoms with Gasteiger partial charge in [0.1, 0.15) is 17.7 Å². The van der Waals surface area contributed by atoms with Gasteiger partial charge in [0.25, 0.3) is 0 Å². The minimum atomic E-state index is -0.254. The average molecular weight is 194 g/mol. The molecule has 3 nitrogen and oxygen atoms in total. The molecule has 1 heterocycles. The number of fused-ring (bicyclic) bond motifs is 1. The second-order valence-electron chi connectivity index (χ2n) is 3.43. The molecule has 0 aliphatic carbocycles. The van der Waals surface area contributed by atoms with E-state index >= 15 is 0 Å². The van der Waals surface area contributed by atoms with Crippen molar-refractivity contribution < 1.29 is 9.13 Å². The lowest BCUT2D eigenvalue weighted by Crippen LogP contribution is -2.22. The van der Waals surface area contributed by atoms with E-state index in [4.69, 9.17) is 15.9 Å². The average Bonchev–Trinajstić information content (AvgIpc) is 2.44. The highest BCUT2D eigenvalue weighted by Gasteiger charge is 2.23. The smallest absolute Gasteiger partial charge is 0.123 e. The van der Waals surface area contributed by atoms with E-state index in [-0.39, 0.29) is 17.8 Å². The van der Waals surface area contributed by atoms with E-state index in [1.807, 2.05) is 0 Å². The predicted octanol–water partition coefficient (Wildman–Crippen LogP) is 1.46. The molecule has 1 unspecified atom stereocenters. The number of nitrogens with two attached hydrogens (primary N) is 1. The molecule has 1 aliphatic rings. The van der Waals surface area contributed by atoms with Crippen LogP contribution in [0.3, 0.4) is 0 Å². The molecule has 74 valence electrons. The van der Waals surface area contributed by atoms with Crippen LogP contribution in [0.4, 0.5) is 4.39 Å². The van der Waals surface area contributed by atoms with Gasteiger partial charge in [0.2, 0.25) is 0 Å². The Balaban J connectivity index is 2.14. The fraction of sp³-hybridized carbons (Fsp3) is 0.300. The first-order valence-corrected chi connectivity index (χ1v) is 4.43. The van der Waals surface area contributed by atoms with Crippen molar-refractivity contribution in [2.75, 3.05) is 0 Å². The van der Waals surface area contributed by atoms with E-state index in [1.54, 1.807) is 6.07 Å². The second kappa shape index (κ2) is 3.29. The molecule has 1 aromatic rings. The standard InChI is InChI=1S/C10H11FN2O/c11-7-1-2-9-6(3-7)4-8(14-9)5-10(12)13/h1-3,8H,4-5H2,(H3,12,13). The van der Waals surface area contributed by atoms with Gasteiger partial charge in [-0.05, 0) is 18.2 Å². The minimum absolute atomic E-state index is 0.100. The maximum absolute atomic E-state index is 12.8. The summed E-state index contributed by atoms with van der Waals surface area (Å²) in [4.78, 5) is 0. The molecule has 0 bridgehead atoms. The number of benzene rings is 1. The van der Waals surface area contributed by atoms with E-state index in [9.17, 15) is 4.39 Å². The summed E-state index contributed by atoms with van der Waals surface area (Å²) in [6.07, 6.45) is 0.924. The lowest BCUT2D eigenvalue weighted by molar-refractivity contribution is 0.241. The summed E-state index contributed by atoms with van der Waals surface area (Å²) in [5, 5.41) is 7.13. The molecule has 0 saturated carbocycles. The Hall–Kier alpha value is -1.58. The van der Waals surface area contributed by atoms with Crippen LogP contribution in [0.25, 0.3) is 0 Å². The summed E-state index contributed by atoms with van der Waals surface area (Å²) >= 11 is 0. The van der Waals surface area contributed by atoms with Crippen molar-refractivity contribution in [3.63, 3.8) is 0 Å². The number of rotatable bonds is 2. The molecule has 1 atom stereocenters. The number of hydrogen-bond donors (Lipinski definition) is 2. The highest BCUT2D eigenvalue weighted by Crippen LogP contribution is 2.30. The molecule has 0 aromatic heterocycles. The molecule has 2 rings (SSSR count). The van der Waals surface area contributed by atoms with Crippen LogP contribution in [0.2, 0.25) is 0 Å². The predicted molar refractivity (Wildman–Crippen MR) is 51.1 cm³/mol. The Labute approximate surface area is 81.2 Å². The third-order valence-corrected chi connectivity index (χ3v) is 2.21. The van der Waals surface area contributed by atoms with Crippen molar-refractivity contribution in [3.8, 4) is 5.75 Å². The zero-order valence-electron chi connectivity index (χ0n) is 7.59. The Morgan fingerprint density at radius 1 is 1.64 bits per heavy atom. The van der Waals surface area contributed by atoms with Crippen molar-refractivity contribution in [2.24, 2.45) is 5.73 Å². The van der Waals surface area contributed by atoms with Crippen LogP contribution in [0.5, 0.6) is 5.75 Å².